The van der Waals surface area contributed by atoms with Gasteiger partial charge in [-0.05, 0) is 30.7 Å². The van der Waals surface area contributed by atoms with E-state index in [1.807, 2.05) is 85.8 Å². The number of carbonyl (C=O) groups excluding carboxylic acids is 1. The van der Waals surface area contributed by atoms with Crippen molar-refractivity contribution in [1.82, 2.24) is 9.97 Å². The van der Waals surface area contributed by atoms with Crippen LogP contribution >= 0.6 is 11.8 Å². The smallest absolute Gasteiger partial charge is 0.242 e. The second-order valence-electron chi connectivity index (χ2n) is 6.46. The number of hydrogen-bond donors (Lipinski definition) is 1. The van der Waals surface area contributed by atoms with Crippen LogP contribution < -0.4 is 5.32 Å². The number of thioether (sulfide) groups is 1. The number of amides is 1. The lowest BCUT2D eigenvalue weighted by Gasteiger charge is -2.17. The molecule has 0 spiro atoms. The molecular weight excluding hydrogens is 366 g/mol. The Balaban J connectivity index is 1.67. The number of aryl methyl sites for hydroxylation is 1. The van der Waals surface area contributed by atoms with Gasteiger partial charge in [-0.25, -0.2) is 9.97 Å². The number of benzene rings is 3. The van der Waals surface area contributed by atoms with Gasteiger partial charge >= 0.3 is 0 Å². The molecule has 0 bridgehead atoms. The van der Waals surface area contributed by atoms with Crippen LogP contribution in [-0.4, -0.2) is 15.9 Å². The summed E-state index contributed by atoms with van der Waals surface area (Å²) in [4.78, 5) is 21.9. The molecule has 1 atom stereocenters. The molecule has 0 saturated carbocycles. The number of nitrogens with one attached hydrogen (secondary N) is 1. The second kappa shape index (κ2) is 8.23. The molecule has 0 saturated heterocycles. The Kier molecular flexibility index (Phi) is 5.35. The molecule has 0 radical (unpaired) electrons. The van der Waals surface area contributed by atoms with E-state index in [1.54, 1.807) is 6.33 Å². The van der Waals surface area contributed by atoms with Gasteiger partial charge in [-0.15, -0.1) is 0 Å². The fourth-order valence-corrected chi connectivity index (χ4v) is 4.02. The van der Waals surface area contributed by atoms with Gasteiger partial charge in [-0.1, -0.05) is 78.0 Å². The van der Waals surface area contributed by atoms with Crippen LogP contribution in [0.15, 0.2) is 90.2 Å². The molecule has 0 aliphatic rings. The molecule has 1 N–H and O–H groups in total. The lowest BCUT2D eigenvalue weighted by atomic mass is 10.1. The van der Waals surface area contributed by atoms with Crippen LogP contribution in [0.5, 0.6) is 0 Å². The highest BCUT2D eigenvalue weighted by Crippen LogP contribution is 2.37. The van der Waals surface area contributed by atoms with Crippen molar-refractivity contribution in [3.8, 4) is 0 Å². The van der Waals surface area contributed by atoms with Crippen LogP contribution in [0.25, 0.3) is 10.9 Å². The minimum atomic E-state index is -0.430. The molecule has 4 aromatic rings. The summed E-state index contributed by atoms with van der Waals surface area (Å²) in [5, 5.41) is 4.34. The van der Waals surface area contributed by atoms with Crippen molar-refractivity contribution in [3.05, 3.63) is 96.3 Å². The first-order chi connectivity index (χ1) is 13.7. The molecule has 3 aromatic carbocycles. The topological polar surface area (TPSA) is 54.9 Å². The summed E-state index contributed by atoms with van der Waals surface area (Å²) in [6, 6.07) is 25.4. The number of rotatable bonds is 5. The van der Waals surface area contributed by atoms with Gasteiger partial charge in [0.05, 0.1) is 5.52 Å². The average Bonchev–Trinajstić information content (AvgIpc) is 2.74. The average molecular weight is 385 g/mol. The molecule has 1 aromatic heterocycles. The number of para-hydroxylation sites is 1. The molecular formula is C23H19N3OS. The van der Waals surface area contributed by atoms with E-state index in [1.165, 1.54) is 11.8 Å². The maximum Gasteiger partial charge on any atom is 0.242 e. The molecule has 0 aliphatic carbocycles. The van der Waals surface area contributed by atoms with Gasteiger partial charge in [0.2, 0.25) is 5.91 Å². The molecule has 4 nitrogen and oxygen atoms in total. The van der Waals surface area contributed by atoms with Crippen molar-refractivity contribution >= 4 is 34.3 Å². The first-order valence-electron chi connectivity index (χ1n) is 8.99. The highest BCUT2D eigenvalue weighted by Gasteiger charge is 2.23. The molecule has 4 rings (SSSR count). The quantitative estimate of drug-likeness (QED) is 0.369. The van der Waals surface area contributed by atoms with Gasteiger partial charge in [0, 0.05) is 11.1 Å². The van der Waals surface area contributed by atoms with Gasteiger partial charge in [0.25, 0.3) is 0 Å². The summed E-state index contributed by atoms with van der Waals surface area (Å²) in [5.74, 6) is -0.0808. The summed E-state index contributed by atoms with van der Waals surface area (Å²) in [6.07, 6.45) is 1.55. The Hall–Kier alpha value is -3.18. The van der Waals surface area contributed by atoms with Crippen LogP contribution in [0, 0.1) is 6.92 Å². The van der Waals surface area contributed by atoms with Crippen molar-refractivity contribution in [1.29, 1.82) is 0 Å². The van der Waals surface area contributed by atoms with Crippen molar-refractivity contribution in [2.45, 2.75) is 17.2 Å². The number of nitrogens with zero attached hydrogens (tertiary/aromatic N) is 2. The van der Waals surface area contributed by atoms with Crippen LogP contribution in [0.2, 0.25) is 0 Å². The highest BCUT2D eigenvalue weighted by molar-refractivity contribution is 8.00. The van der Waals surface area contributed by atoms with Crippen LogP contribution in [0.4, 0.5) is 5.69 Å². The van der Waals surface area contributed by atoms with E-state index >= 15 is 0 Å². The first kappa shape index (κ1) is 18.2. The third-order valence-corrected chi connectivity index (χ3v) is 5.67. The normalized spacial score (nSPS) is 11.9. The van der Waals surface area contributed by atoms with Crippen molar-refractivity contribution in [3.63, 3.8) is 0 Å². The lowest BCUT2D eigenvalue weighted by Crippen LogP contribution is -2.19. The van der Waals surface area contributed by atoms with Gasteiger partial charge < -0.3 is 5.32 Å². The van der Waals surface area contributed by atoms with Gasteiger partial charge in [-0.3, -0.25) is 4.79 Å². The molecule has 0 fully saturated rings. The third kappa shape index (κ3) is 4.05. The van der Waals surface area contributed by atoms with Crippen LogP contribution in [-0.2, 0) is 4.79 Å². The highest BCUT2D eigenvalue weighted by atomic mass is 32.2. The number of fused-ring (bicyclic) bond motifs is 1. The van der Waals surface area contributed by atoms with E-state index in [4.69, 9.17) is 0 Å². The number of aromatic nitrogens is 2. The predicted octanol–water partition coefficient (Wildman–Crippen LogP) is 5.41. The zero-order valence-electron chi connectivity index (χ0n) is 15.4. The van der Waals surface area contributed by atoms with E-state index < -0.39 is 5.25 Å². The molecule has 1 amide bonds. The summed E-state index contributed by atoms with van der Waals surface area (Å²) >= 11 is 1.44. The Morgan fingerprint density at radius 1 is 0.893 bits per heavy atom. The summed E-state index contributed by atoms with van der Waals surface area (Å²) < 4.78 is 0. The van der Waals surface area contributed by atoms with E-state index in [2.05, 4.69) is 15.3 Å². The maximum absolute atomic E-state index is 13.2. The maximum atomic E-state index is 13.2. The lowest BCUT2D eigenvalue weighted by molar-refractivity contribution is -0.115. The minimum absolute atomic E-state index is 0.0808. The summed E-state index contributed by atoms with van der Waals surface area (Å²) in [7, 11) is 0. The number of anilines is 1. The standard InChI is InChI=1S/C23H19N3OS/c1-16-11-13-18(14-12-16)26-22(27)21(17-7-3-2-4-8-17)28-23-19-9-5-6-10-20(19)24-15-25-23/h2-15,21H,1H3,(H,26,27)/t21-/m0/s1. The largest absolute Gasteiger partial charge is 0.325 e. The zero-order chi connectivity index (χ0) is 19.3. The Bertz CT molecular complexity index is 1090. The van der Waals surface area contributed by atoms with Gasteiger partial charge in [0.1, 0.15) is 16.6 Å². The molecule has 138 valence electrons. The fourth-order valence-electron chi connectivity index (χ4n) is 2.93. The predicted molar refractivity (Wildman–Crippen MR) is 114 cm³/mol. The SMILES string of the molecule is Cc1ccc(NC(=O)[C@@H](Sc2ncnc3ccccc23)c2ccccc2)cc1. The molecule has 0 aliphatic heterocycles. The van der Waals surface area contributed by atoms with E-state index in [-0.39, 0.29) is 5.91 Å². The van der Waals surface area contributed by atoms with E-state index in [9.17, 15) is 4.79 Å². The molecule has 0 unspecified atom stereocenters. The fraction of sp³-hybridized carbons (Fsp3) is 0.0870. The summed E-state index contributed by atoms with van der Waals surface area (Å²) in [6.45, 7) is 2.02. The number of carbonyl (C=O) groups is 1. The van der Waals surface area contributed by atoms with Crippen LogP contribution in [0.3, 0.4) is 0 Å². The van der Waals surface area contributed by atoms with Crippen LogP contribution in [0.1, 0.15) is 16.4 Å². The van der Waals surface area contributed by atoms with E-state index in [0.717, 1.165) is 32.7 Å². The Morgan fingerprint density at radius 2 is 1.61 bits per heavy atom. The minimum Gasteiger partial charge on any atom is -0.325 e. The first-order valence-corrected chi connectivity index (χ1v) is 9.87. The molecule has 5 heteroatoms. The number of hydrogen-bond acceptors (Lipinski definition) is 4. The Morgan fingerprint density at radius 3 is 2.39 bits per heavy atom. The zero-order valence-corrected chi connectivity index (χ0v) is 16.2. The van der Waals surface area contributed by atoms with Crippen molar-refractivity contribution in [2.24, 2.45) is 0 Å². The molecule has 1 heterocycles. The molecule has 28 heavy (non-hydrogen) atoms. The van der Waals surface area contributed by atoms with Crippen molar-refractivity contribution in [2.75, 3.05) is 5.32 Å². The van der Waals surface area contributed by atoms with Gasteiger partial charge in [-0.2, -0.15) is 0 Å². The Labute approximate surface area is 168 Å². The summed E-state index contributed by atoms with van der Waals surface area (Å²) in [5.41, 5.74) is 3.73. The van der Waals surface area contributed by atoms with Crippen molar-refractivity contribution < 1.29 is 4.79 Å². The monoisotopic (exact) mass is 385 g/mol. The second-order valence-corrected chi connectivity index (χ2v) is 7.55. The van der Waals surface area contributed by atoms with Gasteiger partial charge in [0.15, 0.2) is 0 Å². The van der Waals surface area contributed by atoms with E-state index in [0.29, 0.717) is 0 Å². The third-order valence-electron chi connectivity index (χ3n) is 4.40.